The molecule has 1 amide bonds. The Kier molecular flexibility index (Phi) is 6.40. The van der Waals surface area contributed by atoms with Crippen LogP contribution in [-0.4, -0.2) is 25.7 Å². The van der Waals surface area contributed by atoms with Crippen molar-refractivity contribution in [1.29, 1.82) is 0 Å². The maximum absolute atomic E-state index is 14.7. The van der Waals surface area contributed by atoms with E-state index >= 15 is 0 Å². The number of hydrogen-bond acceptors (Lipinski definition) is 5. The normalized spacial score (nSPS) is 14.0. The van der Waals surface area contributed by atoms with Gasteiger partial charge in [0.2, 0.25) is 11.9 Å². The van der Waals surface area contributed by atoms with Gasteiger partial charge in [0, 0.05) is 47.3 Å². The predicted octanol–water partition coefficient (Wildman–Crippen LogP) is 5.87. The third kappa shape index (κ3) is 4.92. The van der Waals surface area contributed by atoms with E-state index in [1.54, 1.807) is 47.5 Å². The summed E-state index contributed by atoms with van der Waals surface area (Å²) in [7, 11) is 0. The van der Waals surface area contributed by atoms with Crippen LogP contribution >= 0.6 is 11.6 Å². The van der Waals surface area contributed by atoms with Crippen molar-refractivity contribution in [3.63, 3.8) is 0 Å². The minimum absolute atomic E-state index is 0.00853. The SMILES string of the molecule is CC(=O)Nc1ccc(-c2cnn(C(CC3CC3)c3ccc(-c4c(N)ccc(Cl)c4F)cn3)c2)c(F)n1. The van der Waals surface area contributed by atoms with Crippen molar-refractivity contribution in [2.45, 2.75) is 32.2 Å². The Morgan fingerprint density at radius 1 is 1.17 bits per heavy atom. The van der Waals surface area contributed by atoms with Crippen molar-refractivity contribution < 1.29 is 13.6 Å². The zero-order valence-electron chi connectivity index (χ0n) is 19.4. The second-order valence-electron chi connectivity index (χ2n) is 8.92. The predicted molar refractivity (Wildman–Crippen MR) is 134 cm³/mol. The fourth-order valence-corrected chi connectivity index (χ4v) is 4.35. The number of aromatic nitrogens is 4. The lowest BCUT2D eigenvalue weighted by atomic mass is 10.0. The molecular formula is C26H23ClF2N6O. The van der Waals surface area contributed by atoms with E-state index in [0.29, 0.717) is 17.0 Å². The molecule has 184 valence electrons. The molecular weight excluding hydrogens is 486 g/mol. The highest BCUT2D eigenvalue weighted by Gasteiger charge is 2.29. The number of rotatable bonds is 7. The van der Waals surface area contributed by atoms with Crippen molar-refractivity contribution in [1.82, 2.24) is 19.7 Å². The molecule has 1 aliphatic rings. The molecule has 0 saturated heterocycles. The van der Waals surface area contributed by atoms with Crippen LogP contribution in [0.25, 0.3) is 22.3 Å². The molecule has 36 heavy (non-hydrogen) atoms. The molecule has 10 heteroatoms. The van der Waals surface area contributed by atoms with E-state index < -0.39 is 11.8 Å². The standard InChI is InChI=1S/C26H23ClF2N6O/c1-14(36)33-23-9-5-18(26(29)34-23)17-12-32-35(13-17)22(10-15-2-3-15)21-8-4-16(11-31-21)24-20(30)7-6-19(27)25(24)28/h4-9,11-13,15,22H,2-3,10,30H2,1H3,(H,33,34,36). The highest BCUT2D eigenvalue weighted by Crippen LogP contribution is 2.40. The van der Waals surface area contributed by atoms with Gasteiger partial charge in [-0.15, -0.1) is 0 Å². The van der Waals surface area contributed by atoms with Crippen LogP contribution < -0.4 is 11.1 Å². The van der Waals surface area contributed by atoms with Crippen molar-refractivity contribution in [3.8, 4) is 22.3 Å². The first-order valence-corrected chi connectivity index (χ1v) is 11.9. The highest BCUT2D eigenvalue weighted by atomic mass is 35.5. The first-order chi connectivity index (χ1) is 17.3. The second kappa shape index (κ2) is 9.66. The Bertz CT molecular complexity index is 1440. The third-order valence-corrected chi connectivity index (χ3v) is 6.47. The van der Waals surface area contributed by atoms with Crippen LogP contribution in [0, 0.1) is 17.7 Å². The Balaban J connectivity index is 1.45. The molecule has 0 spiro atoms. The van der Waals surface area contributed by atoms with E-state index in [9.17, 15) is 13.6 Å². The zero-order valence-corrected chi connectivity index (χ0v) is 20.1. The summed E-state index contributed by atoms with van der Waals surface area (Å²) in [6, 6.07) is 9.49. The summed E-state index contributed by atoms with van der Waals surface area (Å²) in [4.78, 5) is 19.6. The van der Waals surface area contributed by atoms with E-state index in [4.69, 9.17) is 17.3 Å². The average Bonchev–Trinajstić information content (AvgIpc) is 3.54. The average molecular weight is 509 g/mol. The monoisotopic (exact) mass is 508 g/mol. The molecule has 0 radical (unpaired) electrons. The maximum Gasteiger partial charge on any atom is 0.222 e. The van der Waals surface area contributed by atoms with Crippen LogP contribution in [0.15, 0.2) is 55.0 Å². The largest absolute Gasteiger partial charge is 0.398 e. The Morgan fingerprint density at radius 3 is 2.64 bits per heavy atom. The minimum atomic E-state index is -0.705. The quantitative estimate of drug-likeness (QED) is 0.240. The lowest BCUT2D eigenvalue weighted by Gasteiger charge is -2.18. The van der Waals surface area contributed by atoms with Gasteiger partial charge in [0.25, 0.3) is 0 Å². The number of carbonyl (C=O) groups excluding carboxylic acids is 1. The van der Waals surface area contributed by atoms with Crippen LogP contribution in [0.2, 0.25) is 5.02 Å². The molecule has 3 N–H and O–H groups in total. The summed E-state index contributed by atoms with van der Waals surface area (Å²) in [6.07, 6.45) is 8.01. The Morgan fingerprint density at radius 2 is 1.97 bits per heavy atom. The van der Waals surface area contributed by atoms with Gasteiger partial charge in [-0.1, -0.05) is 30.5 Å². The molecule has 5 rings (SSSR count). The number of carbonyl (C=O) groups is 1. The van der Waals surface area contributed by atoms with Gasteiger partial charge < -0.3 is 11.1 Å². The van der Waals surface area contributed by atoms with Crippen molar-refractivity contribution >= 4 is 29.0 Å². The first kappa shape index (κ1) is 23.9. The molecule has 1 unspecified atom stereocenters. The number of halogens is 3. The summed E-state index contributed by atoms with van der Waals surface area (Å²) in [5.41, 5.74) is 8.59. The fraction of sp³-hybridized carbons (Fsp3) is 0.231. The zero-order chi connectivity index (χ0) is 25.4. The van der Waals surface area contributed by atoms with Crippen molar-refractivity contribution in [2.75, 3.05) is 11.1 Å². The second-order valence-corrected chi connectivity index (χ2v) is 9.32. The highest BCUT2D eigenvalue weighted by molar-refractivity contribution is 6.31. The Hall–Kier alpha value is -3.85. The topological polar surface area (TPSA) is 98.7 Å². The number of nitrogens with one attached hydrogen (secondary N) is 1. The van der Waals surface area contributed by atoms with Crippen molar-refractivity contribution in [3.05, 3.63) is 77.5 Å². The molecule has 1 atom stereocenters. The number of pyridine rings is 2. The molecule has 3 aromatic heterocycles. The van der Waals surface area contributed by atoms with Crippen LogP contribution in [0.5, 0.6) is 0 Å². The molecule has 3 heterocycles. The van der Waals surface area contributed by atoms with Crippen LogP contribution in [0.4, 0.5) is 20.3 Å². The molecule has 0 aliphatic heterocycles. The first-order valence-electron chi connectivity index (χ1n) is 11.5. The lowest BCUT2D eigenvalue weighted by Crippen LogP contribution is -2.13. The molecule has 1 aromatic carbocycles. The number of anilines is 2. The summed E-state index contributed by atoms with van der Waals surface area (Å²) < 4.78 is 31.1. The summed E-state index contributed by atoms with van der Waals surface area (Å²) in [5.74, 6) is -0.922. The molecule has 1 saturated carbocycles. The van der Waals surface area contributed by atoms with Gasteiger partial charge >= 0.3 is 0 Å². The number of benzene rings is 1. The van der Waals surface area contributed by atoms with E-state index in [2.05, 4.69) is 20.4 Å². The number of nitrogens with two attached hydrogens (primary N) is 1. The van der Waals surface area contributed by atoms with E-state index in [-0.39, 0.29) is 39.6 Å². The smallest absolute Gasteiger partial charge is 0.222 e. The van der Waals surface area contributed by atoms with Gasteiger partial charge in [-0.25, -0.2) is 9.37 Å². The van der Waals surface area contributed by atoms with E-state index in [1.165, 1.54) is 13.0 Å². The maximum atomic E-state index is 14.7. The van der Waals surface area contributed by atoms with Crippen LogP contribution in [0.3, 0.4) is 0 Å². The number of amides is 1. The number of nitrogen functional groups attached to an aromatic ring is 1. The summed E-state index contributed by atoms with van der Waals surface area (Å²) in [5, 5.41) is 6.96. The van der Waals surface area contributed by atoms with Gasteiger partial charge in [0.15, 0.2) is 5.82 Å². The van der Waals surface area contributed by atoms with Crippen molar-refractivity contribution in [2.24, 2.45) is 5.92 Å². The summed E-state index contributed by atoms with van der Waals surface area (Å²) >= 11 is 5.94. The van der Waals surface area contributed by atoms with Crippen LogP contribution in [0.1, 0.15) is 37.9 Å². The van der Waals surface area contributed by atoms with Gasteiger partial charge in [-0.3, -0.25) is 14.5 Å². The van der Waals surface area contributed by atoms with E-state index in [1.807, 2.05) is 6.07 Å². The van der Waals surface area contributed by atoms with Gasteiger partial charge in [0.1, 0.15) is 5.82 Å². The van der Waals surface area contributed by atoms with Gasteiger partial charge in [-0.05, 0) is 42.7 Å². The molecule has 1 aliphatic carbocycles. The lowest BCUT2D eigenvalue weighted by molar-refractivity contribution is -0.114. The fourth-order valence-electron chi connectivity index (χ4n) is 4.19. The summed E-state index contributed by atoms with van der Waals surface area (Å²) in [6.45, 7) is 1.33. The van der Waals surface area contributed by atoms with E-state index in [0.717, 1.165) is 25.0 Å². The number of hydrogen-bond donors (Lipinski definition) is 2. The molecule has 1 fully saturated rings. The van der Waals surface area contributed by atoms with Crippen LogP contribution in [-0.2, 0) is 4.79 Å². The third-order valence-electron chi connectivity index (χ3n) is 6.18. The molecule has 0 bridgehead atoms. The minimum Gasteiger partial charge on any atom is -0.398 e. The molecule has 4 aromatic rings. The Labute approximate surface area is 211 Å². The van der Waals surface area contributed by atoms with Gasteiger partial charge in [-0.2, -0.15) is 9.49 Å². The van der Waals surface area contributed by atoms with Gasteiger partial charge in [0.05, 0.1) is 23.0 Å². The molecule has 7 nitrogen and oxygen atoms in total. The number of nitrogens with zero attached hydrogens (tertiary/aromatic N) is 4.